The van der Waals surface area contributed by atoms with E-state index in [1.807, 2.05) is 23.6 Å². The fraction of sp³-hybridized carbons (Fsp3) is 0.211. The minimum absolute atomic E-state index is 0.0200. The summed E-state index contributed by atoms with van der Waals surface area (Å²) >= 11 is 1.54. The van der Waals surface area contributed by atoms with Gasteiger partial charge >= 0.3 is 5.97 Å². The Morgan fingerprint density at radius 3 is 3.00 bits per heavy atom. The van der Waals surface area contributed by atoms with E-state index in [-0.39, 0.29) is 32.1 Å². The van der Waals surface area contributed by atoms with Crippen LogP contribution in [0.25, 0.3) is 10.6 Å². The number of thiophene rings is 1. The first-order valence-corrected chi connectivity index (χ1v) is 9.26. The molecule has 0 spiro atoms. The number of hydrogen-bond acceptors (Lipinski definition) is 7. The van der Waals surface area contributed by atoms with E-state index in [9.17, 15) is 9.59 Å². The fourth-order valence-electron chi connectivity index (χ4n) is 2.74. The quantitative estimate of drug-likeness (QED) is 0.628. The zero-order chi connectivity index (χ0) is 18.6. The van der Waals surface area contributed by atoms with Gasteiger partial charge in [-0.15, -0.1) is 11.3 Å². The van der Waals surface area contributed by atoms with Crippen molar-refractivity contribution >= 4 is 28.9 Å². The van der Waals surface area contributed by atoms with Gasteiger partial charge in [0.25, 0.3) is 0 Å². The van der Waals surface area contributed by atoms with Gasteiger partial charge in [0.15, 0.2) is 5.76 Å². The minimum Gasteiger partial charge on any atom is -0.491 e. The summed E-state index contributed by atoms with van der Waals surface area (Å²) in [6, 6.07) is 12.7. The number of benzene rings is 1. The molecule has 2 aromatic heterocycles. The lowest BCUT2D eigenvalue weighted by molar-refractivity contribution is -0.144. The van der Waals surface area contributed by atoms with Crippen LogP contribution < -0.4 is 9.64 Å². The van der Waals surface area contributed by atoms with Crippen LogP contribution in [0.15, 0.2) is 52.4 Å². The third kappa shape index (κ3) is 3.85. The summed E-state index contributed by atoms with van der Waals surface area (Å²) in [5.74, 6) is 0.497. The van der Waals surface area contributed by atoms with Crippen molar-refractivity contribution in [3.8, 4) is 16.4 Å². The molecule has 1 amide bonds. The Kier molecular flexibility index (Phi) is 4.88. The molecule has 0 saturated carbocycles. The Morgan fingerprint density at radius 2 is 2.15 bits per heavy atom. The van der Waals surface area contributed by atoms with Crippen molar-refractivity contribution in [2.24, 2.45) is 0 Å². The van der Waals surface area contributed by atoms with E-state index in [1.165, 1.54) is 16.2 Å². The molecule has 0 aliphatic carbocycles. The Morgan fingerprint density at radius 1 is 1.26 bits per heavy atom. The highest BCUT2D eigenvalue weighted by atomic mass is 32.1. The number of amides is 1. The van der Waals surface area contributed by atoms with Crippen LogP contribution in [-0.4, -0.2) is 30.2 Å². The minimum atomic E-state index is -0.527. The van der Waals surface area contributed by atoms with E-state index < -0.39 is 5.97 Å². The molecule has 1 aliphatic rings. The number of carbonyl (C=O) groups excluding carboxylic acids is 2. The van der Waals surface area contributed by atoms with Gasteiger partial charge in [0.2, 0.25) is 5.91 Å². The summed E-state index contributed by atoms with van der Waals surface area (Å²) in [4.78, 5) is 27.0. The molecule has 0 atom stereocenters. The lowest BCUT2D eigenvalue weighted by atomic mass is 10.2. The summed E-state index contributed by atoms with van der Waals surface area (Å²) in [7, 11) is 0. The van der Waals surface area contributed by atoms with E-state index in [2.05, 4.69) is 5.16 Å². The summed E-state index contributed by atoms with van der Waals surface area (Å²) in [6.45, 7) is 0.0779. The molecule has 4 rings (SSSR count). The van der Waals surface area contributed by atoms with Gasteiger partial charge in [-0.25, -0.2) is 0 Å². The van der Waals surface area contributed by atoms with Crippen molar-refractivity contribution in [3.05, 3.63) is 53.5 Å². The number of anilines is 1. The topological polar surface area (TPSA) is 81.9 Å². The maximum absolute atomic E-state index is 12.3. The van der Waals surface area contributed by atoms with Gasteiger partial charge in [0.05, 0.1) is 23.6 Å². The standard InChI is InChI=1S/C19H16N2O5S/c22-18-7-8-24-15-5-2-1-4-14(15)21(18)11-19(23)25-12-13-10-16(26-20-13)17-6-3-9-27-17/h1-6,9-10H,7-8,11-12H2. The smallest absolute Gasteiger partial charge is 0.326 e. The van der Waals surface area contributed by atoms with Gasteiger partial charge in [-0.2, -0.15) is 0 Å². The molecular weight excluding hydrogens is 368 g/mol. The van der Waals surface area contributed by atoms with Crippen molar-refractivity contribution in [1.29, 1.82) is 0 Å². The predicted octanol–water partition coefficient (Wildman–Crippen LogP) is 3.26. The second-order valence-electron chi connectivity index (χ2n) is 5.87. The van der Waals surface area contributed by atoms with Crippen LogP contribution in [0.2, 0.25) is 0 Å². The molecule has 7 nitrogen and oxygen atoms in total. The van der Waals surface area contributed by atoms with E-state index in [4.69, 9.17) is 14.0 Å². The van der Waals surface area contributed by atoms with Gasteiger partial charge in [-0.1, -0.05) is 23.4 Å². The number of hydrogen-bond donors (Lipinski definition) is 0. The highest BCUT2D eigenvalue weighted by molar-refractivity contribution is 7.13. The van der Waals surface area contributed by atoms with Crippen LogP contribution in [0.1, 0.15) is 12.1 Å². The molecule has 0 bridgehead atoms. The van der Waals surface area contributed by atoms with Crippen molar-refractivity contribution < 1.29 is 23.6 Å². The number of esters is 1. The van der Waals surface area contributed by atoms with Gasteiger partial charge in [-0.05, 0) is 23.6 Å². The normalized spacial score (nSPS) is 13.6. The molecule has 3 aromatic rings. The van der Waals surface area contributed by atoms with Crippen molar-refractivity contribution in [1.82, 2.24) is 5.16 Å². The van der Waals surface area contributed by atoms with Gasteiger partial charge < -0.3 is 14.0 Å². The van der Waals surface area contributed by atoms with E-state index in [0.29, 0.717) is 22.9 Å². The molecule has 3 heterocycles. The van der Waals surface area contributed by atoms with Crippen molar-refractivity contribution in [2.45, 2.75) is 13.0 Å². The molecule has 0 N–H and O–H groups in total. The number of ether oxygens (including phenoxy) is 2. The van der Waals surface area contributed by atoms with Crippen molar-refractivity contribution in [2.75, 3.05) is 18.1 Å². The summed E-state index contributed by atoms with van der Waals surface area (Å²) in [5, 5.41) is 5.85. The predicted molar refractivity (Wildman–Crippen MR) is 98.5 cm³/mol. The molecule has 0 radical (unpaired) electrons. The zero-order valence-corrected chi connectivity index (χ0v) is 15.1. The van der Waals surface area contributed by atoms with Crippen LogP contribution in [0, 0.1) is 0 Å². The third-order valence-electron chi connectivity index (χ3n) is 4.02. The van der Waals surface area contributed by atoms with E-state index >= 15 is 0 Å². The molecule has 1 aromatic carbocycles. The van der Waals surface area contributed by atoms with Gasteiger partial charge in [0, 0.05) is 6.07 Å². The average Bonchev–Trinajstić information content (AvgIpc) is 3.34. The highest BCUT2D eigenvalue weighted by Crippen LogP contribution is 2.31. The first-order chi connectivity index (χ1) is 13.2. The number of carbonyl (C=O) groups is 2. The second kappa shape index (κ2) is 7.63. The monoisotopic (exact) mass is 384 g/mol. The number of aromatic nitrogens is 1. The van der Waals surface area contributed by atoms with Gasteiger partial charge in [0.1, 0.15) is 24.6 Å². The van der Waals surface area contributed by atoms with Crippen LogP contribution in [0.4, 0.5) is 5.69 Å². The maximum atomic E-state index is 12.3. The number of rotatable bonds is 5. The van der Waals surface area contributed by atoms with Crippen LogP contribution in [0.3, 0.4) is 0 Å². The summed E-state index contributed by atoms with van der Waals surface area (Å²) in [6.07, 6.45) is 0.204. The Labute approximate surface area is 159 Å². The number of fused-ring (bicyclic) bond motifs is 1. The lowest BCUT2D eigenvalue weighted by Crippen LogP contribution is -2.36. The van der Waals surface area contributed by atoms with E-state index in [0.717, 1.165) is 4.88 Å². The Balaban J connectivity index is 1.40. The molecular formula is C19H16N2O5S. The second-order valence-corrected chi connectivity index (χ2v) is 6.81. The number of nitrogens with zero attached hydrogens (tertiary/aromatic N) is 2. The first-order valence-electron chi connectivity index (χ1n) is 8.38. The van der Waals surface area contributed by atoms with Crippen LogP contribution in [-0.2, 0) is 20.9 Å². The largest absolute Gasteiger partial charge is 0.491 e. The molecule has 0 unspecified atom stereocenters. The zero-order valence-electron chi connectivity index (χ0n) is 14.3. The number of para-hydroxylation sites is 2. The average molecular weight is 384 g/mol. The summed E-state index contributed by atoms with van der Waals surface area (Å²) in [5.41, 5.74) is 1.08. The van der Waals surface area contributed by atoms with Crippen LogP contribution in [0.5, 0.6) is 5.75 Å². The molecule has 1 aliphatic heterocycles. The fourth-order valence-corrected chi connectivity index (χ4v) is 3.41. The Hall–Kier alpha value is -3.13. The van der Waals surface area contributed by atoms with Gasteiger partial charge in [-0.3, -0.25) is 14.5 Å². The molecule has 8 heteroatoms. The molecule has 0 fully saturated rings. The molecule has 0 saturated heterocycles. The lowest BCUT2D eigenvalue weighted by Gasteiger charge is -2.20. The van der Waals surface area contributed by atoms with E-state index in [1.54, 1.807) is 24.3 Å². The maximum Gasteiger partial charge on any atom is 0.326 e. The highest BCUT2D eigenvalue weighted by Gasteiger charge is 2.25. The third-order valence-corrected chi connectivity index (χ3v) is 4.91. The van der Waals surface area contributed by atoms with Crippen LogP contribution >= 0.6 is 11.3 Å². The SMILES string of the molecule is O=C(CN1C(=O)CCOc2ccccc21)OCc1cc(-c2cccs2)on1. The first kappa shape index (κ1) is 17.3. The Bertz CT molecular complexity index is 951. The summed E-state index contributed by atoms with van der Waals surface area (Å²) < 4.78 is 16.1. The van der Waals surface area contributed by atoms with Crippen molar-refractivity contribution in [3.63, 3.8) is 0 Å². The molecule has 138 valence electrons. The molecule has 27 heavy (non-hydrogen) atoms.